The Hall–Kier alpha value is -0.340. The Kier molecular flexibility index (Phi) is 3.24. The predicted octanol–water partition coefficient (Wildman–Crippen LogP) is 1.91. The highest BCUT2D eigenvalue weighted by atomic mass is 15.2. The molecule has 2 fully saturated rings. The van der Waals surface area contributed by atoms with Crippen LogP contribution in [0.5, 0.6) is 0 Å². The minimum Gasteiger partial charge on any atom is -0.328 e. The van der Waals surface area contributed by atoms with Gasteiger partial charge in [0.1, 0.15) is 0 Å². The second kappa shape index (κ2) is 4.45. The van der Waals surface area contributed by atoms with Gasteiger partial charge in [0.2, 0.25) is 0 Å². The van der Waals surface area contributed by atoms with Crippen LogP contribution in [0, 0.1) is 0 Å². The summed E-state index contributed by atoms with van der Waals surface area (Å²) in [5.41, 5.74) is 6.03. The fraction of sp³-hybridized carbons (Fsp3) is 0.833. The predicted molar refractivity (Wildman–Crippen MR) is 60.2 cm³/mol. The van der Waals surface area contributed by atoms with E-state index in [2.05, 4.69) is 24.0 Å². The number of nitrogens with zero attached hydrogens (tertiary/aromatic N) is 1. The van der Waals surface area contributed by atoms with Gasteiger partial charge in [0, 0.05) is 24.7 Å². The fourth-order valence-corrected chi connectivity index (χ4v) is 2.98. The summed E-state index contributed by atoms with van der Waals surface area (Å²) >= 11 is 0. The lowest BCUT2D eigenvalue weighted by Crippen LogP contribution is -2.47. The molecule has 0 amide bonds. The third-order valence-electron chi connectivity index (χ3n) is 3.64. The van der Waals surface area contributed by atoms with Gasteiger partial charge in [-0.3, -0.25) is 4.90 Å². The Morgan fingerprint density at radius 3 is 2.43 bits per heavy atom. The van der Waals surface area contributed by atoms with Gasteiger partial charge in [-0.2, -0.15) is 0 Å². The zero-order valence-electron chi connectivity index (χ0n) is 9.15. The zero-order valence-corrected chi connectivity index (χ0v) is 9.15. The van der Waals surface area contributed by atoms with E-state index in [-0.39, 0.29) is 0 Å². The van der Waals surface area contributed by atoms with Crippen molar-refractivity contribution in [3.63, 3.8) is 0 Å². The lowest BCUT2D eigenvalue weighted by Gasteiger charge is -2.36. The molecular formula is C12H22N2. The molecular weight excluding hydrogens is 172 g/mol. The average Bonchev–Trinajstić information content (AvgIpc) is 2.42. The van der Waals surface area contributed by atoms with Gasteiger partial charge in [-0.05, 0) is 32.1 Å². The third kappa shape index (κ3) is 2.01. The van der Waals surface area contributed by atoms with Crippen LogP contribution in [0.4, 0.5) is 0 Å². The topological polar surface area (TPSA) is 29.3 Å². The first-order valence-corrected chi connectivity index (χ1v) is 5.97. The average molecular weight is 194 g/mol. The van der Waals surface area contributed by atoms with Gasteiger partial charge in [-0.25, -0.2) is 0 Å². The van der Waals surface area contributed by atoms with E-state index in [0.29, 0.717) is 6.04 Å². The van der Waals surface area contributed by atoms with Crippen LogP contribution in [0.3, 0.4) is 0 Å². The second-order valence-electron chi connectivity index (χ2n) is 4.69. The van der Waals surface area contributed by atoms with Crippen LogP contribution < -0.4 is 5.73 Å². The molecule has 0 spiro atoms. The van der Waals surface area contributed by atoms with E-state index in [0.717, 1.165) is 25.0 Å². The van der Waals surface area contributed by atoms with E-state index in [4.69, 9.17) is 5.73 Å². The molecule has 0 aromatic heterocycles. The summed E-state index contributed by atoms with van der Waals surface area (Å²) < 4.78 is 0. The minimum absolute atomic E-state index is 0.471. The van der Waals surface area contributed by atoms with Gasteiger partial charge >= 0.3 is 0 Å². The van der Waals surface area contributed by atoms with Crippen molar-refractivity contribution < 1.29 is 0 Å². The number of rotatable bonds is 3. The Bertz CT molecular complexity index is 198. The lowest BCUT2D eigenvalue weighted by atomic mass is 9.98. The normalized spacial score (nSPS) is 38.3. The SMILES string of the molecule is CC/C=C/CN1[C@@H]2CC[C@H]1CC(N)C2. The zero-order chi connectivity index (χ0) is 9.97. The number of nitrogens with two attached hydrogens (primary N) is 1. The van der Waals surface area contributed by atoms with Crippen molar-refractivity contribution in [2.75, 3.05) is 6.54 Å². The maximum atomic E-state index is 6.03. The Labute approximate surface area is 87.2 Å². The second-order valence-corrected chi connectivity index (χ2v) is 4.69. The molecule has 1 unspecified atom stereocenters. The third-order valence-corrected chi connectivity index (χ3v) is 3.64. The van der Waals surface area contributed by atoms with Crippen LogP contribution >= 0.6 is 0 Å². The van der Waals surface area contributed by atoms with Crippen molar-refractivity contribution in [3.8, 4) is 0 Å². The Morgan fingerprint density at radius 1 is 1.21 bits per heavy atom. The van der Waals surface area contributed by atoms with Gasteiger partial charge in [0.25, 0.3) is 0 Å². The summed E-state index contributed by atoms with van der Waals surface area (Å²) in [5, 5.41) is 0. The summed E-state index contributed by atoms with van der Waals surface area (Å²) in [6.45, 7) is 3.34. The molecule has 2 heteroatoms. The molecule has 2 aliphatic rings. The minimum atomic E-state index is 0.471. The lowest BCUT2D eigenvalue weighted by molar-refractivity contribution is 0.143. The van der Waals surface area contributed by atoms with Crippen molar-refractivity contribution >= 4 is 0 Å². The molecule has 2 saturated heterocycles. The summed E-state index contributed by atoms with van der Waals surface area (Å²) in [4.78, 5) is 2.66. The standard InChI is InChI=1S/C12H22N2/c1-2-3-4-7-14-11-5-6-12(14)9-10(13)8-11/h3-4,10-12H,2,5-9,13H2,1H3/b4-3+/t10?,11-,12+. The van der Waals surface area contributed by atoms with Gasteiger partial charge in [0.05, 0.1) is 0 Å². The van der Waals surface area contributed by atoms with Crippen LogP contribution in [0.15, 0.2) is 12.2 Å². The van der Waals surface area contributed by atoms with E-state index in [1.165, 1.54) is 25.7 Å². The van der Waals surface area contributed by atoms with Gasteiger partial charge < -0.3 is 5.73 Å². The smallest absolute Gasteiger partial charge is 0.0169 e. The van der Waals surface area contributed by atoms with Crippen LogP contribution in [0.2, 0.25) is 0 Å². The molecule has 2 N–H and O–H groups in total. The molecule has 80 valence electrons. The van der Waals surface area contributed by atoms with Crippen molar-refractivity contribution in [2.45, 2.75) is 57.2 Å². The quantitative estimate of drug-likeness (QED) is 0.695. The number of hydrogen-bond acceptors (Lipinski definition) is 2. The summed E-state index contributed by atoms with van der Waals surface area (Å²) in [5.74, 6) is 0. The van der Waals surface area contributed by atoms with Crippen LogP contribution in [-0.2, 0) is 0 Å². The van der Waals surface area contributed by atoms with Crippen LogP contribution in [-0.4, -0.2) is 29.6 Å². The first-order valence-electron chi connectivity index (χ1n) is 5.97. The highest BCUT2D eigenvalue weighted by Crippen LogP contribution is 2.34. The van der Waals surface area contributed by atoms with Crippen molar-refractivity contribution in [1.29, 1.82) is 0 Å². The van der Waals surface area contributed by atoms with Gasteiger partial charge in [-0.15, -0.1) is 0 Å². The first kappa shape index (κ1) is 10.2. The molecule has 0 aromatic rings. The van der Waals surface area contributed by atoms with Crippen LogP contribution in [0.1, 0.15) is 39.0 Å². The Balaban J connectivity index is 1.90. The van der Waals surface area contributed by atoms with E-state index >= 15 is 0 Å². The Morgan fingerprint density at radius 2 is 1.86 bits per heavy atom. The molecule has 2 rings (SSSR count). The molecule has 2 aliphatic heterocycles. The molecule has 0 saturated carbocycles. The number of fused-ring (bicyclic) bond motifs is 2. The van der Waals surface area contributed by atoms with Crippen LogP contribution in [0.25, 0.3) is 0 Å². The van der Waals surface area contributed by atoms with Gasteiger partial charge in [0.15, 0.2) is 0 Å². The summed E-state index contributed by atoms with van der Waals surface area (Å²) in [6, 6.07) is 2.04. The molecule has 0 aromatic carbocycles. The largest absolute Gasteiger partial charge is 0.328 e. The van der Waals surface area contributed by atoms with E-state index in [1.807, 2.05) is 0 Å². The maximum Gasteiger partial charge on any atom is 0.0169 e. The van der Waals surface area contributed by atoms with Crippen molar-refractivity contribution in [3.05, 3.63) is 12.2 Å². The highest BCUT2D eigenvalue weighted by Gasteiger charge is 2.38. The van der Waals surface area contributed by atoms with E-state index in [9.17, 15) is 0 Å². The molecule has 14 heavy (non-hydrogen) atoms. The highest BCUT2D eigenvalue weighted by molar-refractivity contribution is 4.99. The molecule has 2 nitrogen and oxygen atoms in total. The monoisotopic (exact) mass is 194 g/mol. The molecule has 0 radical (unpaired) electrons. The van der Waals surface area contributed by atoms with Gasteiger partial charge in [-0.1, -0.05) is 19.1 Å². The van der Waals surface area contributed by atoms with Crippen molar-refractivity contribution in [1.82, 2.24) is 4.90 Å². The van der Waals surface area contributed by atoms with Crippen molar-refractivity contribution in [2.24, 2.45) is 5.73 Å². The summed E-state index contributed by atoms with van der Waals surface area (Å²) in [6.07, 6.45) is 10.9. The molecule has 2 bridgehead atoms. The van der Waals surface area contributed by atoms with E-state index in [1.54, 1.807) is 0 Å². The fourth-order valence-electron chi connectivity index (χ4n) is 2.98. The molecule has 3 atom stereocenters. The number of piperidine rings is 1. The maximum absolute atomic E-state index is 6.03. The summed E-state index contributed by atoms with van der Waals surface area (Å²) in [7, 11) is 0. The van der Waals surface area contributed by atoms with E-state index < -0.39 is 0 Å². The molecule has 0 aliphatic carbocycles. The number of allylic oxidation sites excluding steroid dienone is 1. The number of hydrogen-bond donors (Lipinski definition) is 1. The molecule has 2 heterocycles. The first-order chi connectivity index (χ1) is 6.81.